The second-order valence-corrected chi connectivity index (χ2v) is 4.50. The molecule has 0 bridgehead atoms. The van der Waals surface area contributed by atoms with Crippen LogP contribution < -0.4 is 5.32 Å². The molecule has 1 aliphatic heterocycles. The largest absolute Gasteiger partial charge is 0.325 e. The molecule has 1 heterocycles. The van der Waals surface area contributed by atoms with Crippen molar-refractivity contribution in [1.29, 1.82) is 0 Å². The molecule has 1 N–H and O–H groups in total. The van der Waals surface area contributed by atoms with Crippen LogP contribution >= 0.6 is 11.6 Å². The summed E-state index contributed by atoms with van der Waals surface area (Å²) >= 11 is 5.91. The lowest BCUT2D eigenvalue weighted by Gasteiger charge is -2.08. The first-order valence-corrected chi connectivity index (χ1v) is 5.79. The van der Waals surface area contributed by atoms with Crippen molar-refractivity contribution in [2.45, 2.75) is 5.92 Å². The highest BCUT2D eigenvalue weighted by atomic mass is 35.5. The Bertz CT molecular complexity index is 580. The highest BCUT2D eigenvalue weighted by molar-refractivity contribution is 6.31. The maximum Gasteiger partial charge on any atom is 0.236 e. The first kappa shape index (κ1) is 10.4. The van der Waals surface area contributed by atoms with E-state index in [-0.39, 0.29) is 11.8 Å². The summed E-state index contributed by atoms with van der Waals surface area (Å²) in [5, 5.41) is 3.50. The van der Waals surface area contributed by atoms with Gasteiger partial charge in [-0.1, -0.05) is 48.0 Å². The van der Waals surface area contributed by atoms with Crippen LogP contribution in [0, 0.1) is 0 Å². The molecule has 1 aliphatic rings. The van der Waals surface area contributed by atoms with Crippen LogP contribution in [0.2, 0.25) is 5.02 Å². The van der Waals surface area contributed by atoms with Crippen LogP contribution in [0.25, 0.3) is 0 Å². The molecule has 1 amide bonds. The van der Waals surface area contributed by atoms with Gasteiger partial charge in [0, 0.05) is 10.7 Å². The Morgan fingerprint density at radius 1 is 1.06 bits per heavy atom. The van der Waals surface area contributed by atoms with Crippen LogP contribution in [0.3, 0.4) is 0 Å². The van der Waals surface area contributed by atoms with Gasteiger partial charge in [0.1, 0.15) is 0 Å². The summed E-state index contributed by atoms with van der Waals surface area (Å²) in [5.41, 5.74) is 2.81. The predicted octanol–water partition coefficient (Wildman–Crippen LogP) is 3.42. The Balaban J connectivity index is 2.12. The van der Waals surface area contributed by atoms with E-state index < -0.39 is 0 Å². The third-order valence-corrected chi connectivity index (χ3v) is 3.21. The van der Waals surface area contributed by atoms with E-state index >= 15 is 0 Å². The molecule has 1 atom stereocenters. The van der Waals surface area contributed by atoms with Crippen molar-refractivity contribution in [3.05, 3.63) is 64.7 Å². The number of carbonyl (C=O) groups excluding carboxylic acids is 1. The lowest BCUT2D eigenvalue weighted by Crippen LogP contribution is -2.12. The fourth-order valence-corrected chi connectivity index (χ4v) is 2.38. The summed E-state index contributed by atoms with van der Waals surface area (Å²) in [6.07, 6.45) is 0. The van der Waals surface area contributed by atoms with Crippen molar-refractivity contribution in [3.63, 3.8) is 0 Å². The average Bonchev–Trinajstić information content (AvgIpc) is 2.65. The first-order chi connectivity index (χ1) is 8.25. The number of hydrogen-bond donors (Lipinski definition) is 1. The molecule has 2 nitrogen and oxygen atoms in total. The molecule has 0 radical (unpaired) electrons. The van der Waals surface area contributed by atoms with E-state index in [2.05, 4.69) is 5.32 Å². The Kier molecular flexibility index (Phi) is 2.37. The summed E-state index contributed by atoms with van der Waals surface area (Å²) in [6, 6.07) is 15.3. The van der Waals surface area contributed by atoms with Gasteiger partial charge >= 0.3 is 0 Å². The van der Waals surface area contributed by atoms with Gasteiger partial charge in [0.2, 0.25) is 5.91 Å². The van der Waals surface area contributed by atoms with Crippen LogP contribution in [-0.4, -0.2) is 5.91 Å². The number of anilines is 1. The molecule has 0 saturated carbocycles. The second-order valence-electron chi connectivity index (χ2n) is 4.06. The minimum Gasteiger partial charge on any atom is -0.325 e. The van der Waals surface area contributed by atoms with Crippen molar-refractivity contribution >= 4 is 23.2 Å². The SMILES string of the molecule is O=C1Nc2cc(Cl)ccc2C1c1ccccc1. The van der Waals surface area contributed by atoms with Gasteiger partial charge in [-0.05, 0) is 23.3 Å². The fourth-order valence-electron chi connectivity index (χ4n) is 2.21. The summed E-state index contributed by atoms with van der Waals surface area (Å²) in [4.78, 5) is 12.0. The molecule has 0 aliphatic carbocycles. The van der Waals surface area contributed by atoms with Crippen LogP contribution in [0.15, 0.2) is 48.5 Å². The molecular weight excluding hydrogens is 234 g/mol. The molecular formula is C14H10ClNO. The zero-order valence-electron chi connectivity index (χ0n) is 8.98. The minimum absolute atomic E-state index is 0.00784. The van der Waals surface area contributed by atoms with Gasteiger partial charge < -0.3 is 5.32 Å². The van der Waals surface area contributed by atoms with Crippen molar-refractivity contribution in [1.82, 2.24) is 0 Å². The van der Waals surface area contributed by atoms with E-state index in [0.717, 1.165) is 16.8 Å². The van der Waals surface area contributed by atoms with Crippen LogP contribution in [-0.2, 0) is 4.79 Å². The van der Waals surface area contributed by atoms with E-state index in [4.69, 9.17) is 11.6 Å². The van der Waals surface area contributed by atoms with E-state index in [1.807, 2.05) is 42.5 Å². The van der Waals surface area contributed by atoms with Gasteiger partial charge in [0.25, 0.3) is 0 Å². The van der Waals surface area contributed by atoms with Crippen LogP contribution in [0.4, 0.5) is 5.69 Å². The molecule has 0 spiro atoms. The highest BCUT2D eigenvalue weighted by Crippen LogP contribution is 2.38. The van der Waals surface area contributed by atoms with E-state index in [1.54, 1.807) is 6.07 Å². The summed E-state index contributed by atoms with van der Waals surface area (Å²) in [6.45, 7) is 0. The molecule has 2 aromatic rings. The second kappa shape index (κ2) is 3.90. The van der Waals surface area contributed by atoms with Gasteiger partial charge in [-0.2, -0.15) is 0 Å². The molecule has 84 valence electrons. The maximum atomic E-state index is 12.0. The van der Waals surface area contributed by atoms with Crippen LogP contribution in [0.5, 0.6) is 0 Å². The minimum atomic E-state index is -0.219. The summed E-state index contributed by atoms with van der Waals surface area (Å²) in [7, 11) is 0. The maximum absolute atomic E-state index is 12.0. The number of rotatable bonds is 1. The van der Waals surface area contributed by atoms with Crippen LogP contribution in [0.1, 0.15) is 17.0 Å². The number of benzene rings is 2. The predicted molar refractivity (Wildman–Crippen MR) is 68.4 cm³/mol. The lowest BCUT2D eigenvalue weighted by molar-refractivity contribution is -0.116. The number of carbonyl (C=O) groups is 1. The van der Waals surface area contributed by atoms with Crippen molar-refractivity contribution in [2.24, 2.45) is 0 Å². The Morgan fingerprint density at radius 2 is 1.82 bits per heavy atom. The van der Waals surface area contributed by atoms with E-state index in [1.165, 1.54) is 0 Å². The van der Waals surface area contributed by atoms with Crippen molar-refractivity contribution < 1.29 is 4.79 Å². The number of fused-ring (bicyclic) bond motifs is 1. The monoisotopic (exact) mass is 243 g/mol. The lowest BCUT2D eigenvalue weighted by atomic mass is 9.93. The normalized spacial score (nSPS) is 17.7. The van der Waals surface area contributed by atoms with Gasteiger partial charge in [0.15, 0.2) is 0 Å². The molecule has 0 aromatic heterocycles. The molecule has 1 unspecified atom stereocenters. The third-order valence-electron chi connectivity index (χ3n) is 2.98. The molecule has 3 heteroatoms. The summed E-state index contributed by atoms with van der Waals surface area (Å²) < 4.78 is 0. The average molecular weight is 244 g/mol. The van der Waals surface area contributed by atoms with Gasteiger partial charge in [-0.3, -0.25) is 4.79 Å². The topological polar surface area (TPSA) is 29.1 Å². The highest BCUT2D eigenvalue weighted by Gasteiger charge is 2.31. The quantitative estimate of drug-likeness (QED) is 0.817. The standard InChI is InChI=1S/C14H10ClNO/c15-10-6-7-11-12(8-10)16-14(17)13(11)9-4-2-1-3-5-9/h1-8,13H,(H,16,17). The summed E-state index contributed by atoms with van der Waals surface area (Å²) in [5.74, 6) is -0.211. The Hall–Kier alpha value is -1.80. The third kappa shape index (κ3) is 1.71. The van der Waals surface area contributed by atoms with Gasteiger partial charge in [-0.25, -0.2) is 0 Å². The first-order valence-electron chi connectivity index (χ1n) is 5.41. The molecule has 2 aromatic carbocycles. The number of nitrogens with one attached hydrogen (secondary N) is 1. The zero-order valence-corrected chi connectivity index (χ0v) is 9.74. The van der Waals surface area contributed by atoms with Gasteiger partial charge in [-0.15, -0.1) is 0 Å². The molecule has 17 heavy (non-hydrogen) atoms. The van der Waals surface area contributed by atoms with Crippen molar-refractivity contribution in [3.8, 4) is 0 Å². The Labute approximate surface area is 104 Å². The van der Waals surface area contributed by atoms with E-state index in [9.17, 15) is 4.79 Å². The fraction of sp³-hybridized carbons (Fsp3) is 0.0714. The van der Waals surface area contributed by atoms with Crippen molar-refractivity contribution in [2.75, 3.05) is 5.32 Å². The molecule has 0 saturated heterocycles. The number of hydrogen-bond acceptors (Lipinski definition) is 1. The number of halogens is 1. The number of amides is 1. The smallest absolute Gasteiger partial charge is 0.236 e. The Morgan fingerprint density at radius 3 is 2.59 bits per heavy atom. The van der Waals surface area contributed by atoms with Gasteiger partial charge in [0.05, 0.1) is 5.92 Å². The zero-order chi connectivity index (χ0) is 11.8. The molecule has 3 rings (SSSR count). The van der Waals surface area contributed by atoms with E-state index in [0.29, 0.717) is 5.02 Å². The molecule has 0 fully saturated rings.